The third-order valence-corrected chi connectivity index (χ3v) is 4.47. The molecule has 0 aromatic carbocycles. The maximum absolute atomic E-state index is 12.0. The van der Waals surface area contributed by atoms with Gasteiger partial charge in [-0.1, -0.05) is 6.92 Å². The third-order valence-electron chi connectivity index (χ3n) is 3.14. The average Bonchev–Trinajstić information content (AvgIpc) is 2.68. The van der Waals surface area contributed by atoms with Crippen LogP contribution in [0.25, 0.3) is 0 Å². The summed E-state index contributed by atoms with van der Waals surface area (Å²) in [7, 11) is -1.86. The van der Waals surface area contributed by atoms with Crippen molar-refractivity contribution >= 4 is 16.0 Å². The average molecular weight is 303 g/mol. The Hall–Kier alpha value is -1.41. The molecule has 1 atom stereocenters. The SMILES string of the molecule is Cc1nc(S(=O)(=O)NCCC(C)CCC(=O)O)cn1C. The fourth-order valence-electron chi connectivity index (χ4n) is 1.68. The summed E-state index contributed by atoms with van der Waals surface area (Å²) in [5.41, 5.74) is 0. The van der Waals surface area contributed by atoms with Gasteiger partial charge >= 0.3 is 5.97 Å². The van der Waals surface area contributed by atoms with Gasteiger partial charge in [-0.2, -0.15) is 0 Å². The van der Waals surface area contributed by atoms with Crippen LogP contribution in [0.4, 0.5) is 0 Å². The minimum Gasteiger partial charge on any atom is -0.481 e. The molecule has 1 unspecified atom stereocenters. The maximum atomic E-state index is 12.0. The minimum absolute atomic E-state index is 0.00990. The number of nitrogens with zero attached hydrogens (tertiary/aromatic N) is 2. The molecule has 1 rings (SSSR count). The van der Waals surface area contributed by atoms with E-state index in [9.17, 15) is 13.2 Å². The predicted octanol–water partition coefficient (Wildman–Crippen LogP) is 0.898. The molecule has 1 aromatic heterocycles. The van der Waals surface area contributed by atoms with Crippen LogP contribution in [0, 0.1) is 12.8 Å². The van der Waals surface area contributed by atoms with Gasteiger partial charge in [-0.05, 0) is 25.7 Å². The Morgan fingerprint density at radius 3 is 2.65 bits per heavy atom. The van der Waals surface area contributed by atoms with Crippen LogP contribution in [0.2, 0.25) is 0 Å². The quantitative estimate of drug-likeness (QED) is 0.743. The van der Waals surface area contributed by atoms with Gasteiger partial charge in [0.05, 0.1) is 0 Å². The van der Waals surface area contributed by atoms with E-state index in [1.54, 1.807) is 18.5 Å². The number of sulfonamides is 1. The molecule has 0 aliphatic rings. The summed E-state index contributed by atoms with van der Waals surface area (Å²) in [6, 6.07) is 0. The lowest BCUT2D eigenvalue weighted by Gasteiger charge is -2.10. The van der Waals surface area contributed by atoms with E-state index >= 15 is 0 Å². The number of rotatable bonds is 8. The van der Waals surface area contributed by atoms with Crippen molar-refractivity contribution in [1.82, 2.24) is 14.3 Å². The molecule has 20 heavy (non-hydrogen) atoms. The topological polar surface area (TPSA) is 101 Å². The summed E-state index contributed by atoms with van der Waals surface area (Å²) in [5.74, 6) is -0.0548. The Morgan fingerprint density at radius 2 is 2.15 bits per heavy atom. The van der Waals surface area contributed by atoms with Crippen LogP contribution in [0.3, 0.4) is 0 Å². The summed E-state index contributed by atoms with van der Waals surface area (Å²) < 4.78 is 28.1. The molecule has 7 nitrogen and oxygen atoms in total. The largest absolute Gasteiger partial charge is 0.481 e. The molecule has 0 saturated heterocycles. The van der Waals surface area contributed by atoms with Crippen molar-refractivity contribution in [2.24, 2.45) is 13.0 Å². The monoisotopic (exact) mass is 303 g/mol. The fraction of sp³-hybridized carbons (Fsp3) is 0.667. The highest BCUT2D eigenvalue weighted by atomic mass is 32.2. The van der Waals surface area contributed by atoms with Gasteiger partial charge in [0, 0.05) is 26.2 Å². The molecule has 0 aliphatic heterocycles. The van der Waals surface area contributed by atoms with Crippen molar-refractivity contribution in [2.75, 3.05) is 6.54 Å². The molecular weight excluding hydrogens is 282 g/mol. The van der Waals surface area contributed by atoms with Crippen molar-refractivity contribution in [3.05, 3.63) is 12.0 Å². The number of carboxylic acids is 1. The van der Waals surface area contributed by atoms with Gasteiger partial charge in [0.2, 0.25) is 0 Å². The Kier molecular flexibility index (Phi) is 5.70. The Morgan fingerprint density at radius 1 is 1.50 bits per heavy atom. The van der Waals surface area contributed by atoms with Crippen LogP contribution in [-0.2, 0) is 21.9 Å². The standard InChI is InChI=1S/C12H21N3O4S/c1-9(4-5-12(16)17)6-7-13-20(18,19)11-8-15(3)10(2)14-11/h8-9,13H,4-7H2,1-3H3,(H,16,17). The number of aryl methyl sites for hydroxylation is 2. The van der Waals surface area contributed by atoms with Crippen molar-refractivity contribution in [1.29, 1.82) is 0 Å². The van der Waals surface area contributed by atoms with Crippen molar-refractivity contribution in [2.45, 2.75) is 38.1 Å². The summed E-state index contributed by atoms with van der Waals surface area (Å²) in [4.78, 5) is 14.4. The maximum Gasteiger partial charge on any atom is 0.303 e. The normalized spacial score (nSPS) is 13.3. The summed E-state index contributed by atoms with van der Waals surface area (Å²) in [6.45, 7) is 3.91. The van der Waals surface area contributed by atoms with E-state index in [2.05, 4.69) is 9.71 Å². The second-order valence-corrected chi connectivity index (χ2v) is 6.68. The van der Waals surface area contributed by atoms with Crippen LogP contribution in [0.5, 0.6) is 0 Å². The molecular formula is C12H21N3O4S. The third kappa shape index (κ3) is 4.93. The number of aliphatic carboxylic acids is 1. The zero-order valence-electron chi connectivity index (χ0n) is 12.0. The molecule has 1 aromatic rings. The van der Waals surface area contributed by atoms with Gasteiger partial charge in [-0.15, -0.1) is 0 Å². The van der Waals surface area contributed by atoms with E-state index < -0.39 is 16.0 Å². The van der Waals surface area contributed by atoms with Crippen LogP contribution in [-0.4, -0.2) is 35.6 Å². The van der Waals surface area contributed by atoms with Crippen molar-refractivity contribution < 1.29 is 18.3 Å². The first-order valence-corrected chi connectivity index (χ1v) is 7.92. The predicted molar refractivity (Wildman–Crippen MR) is 73.8 cm³/mol. The van der Waals surface area contributed by atoms with E-state index in [4.69, 9.17) is 5.11 Å². The van der Waals surface area contributed by atoms with Gasteiger partial charge in [0.15, 0.2) is 5.03 Å². The number of nitrogens with one attached hydrogen (secondary N) is 1. The fourth-order valence-corrected chi connectivity index (χ4v) is 2.77. The van der Waals surface area contributed by atoms with Crippen molar-refractivity contribution in [3.8, 4) is 0 Å². The Bertz CT molecular complexity index is 546. The van der Waals surface area contributed by atoms with Gasteiger partial charge < -0.3 is 9.67 Å². The molecule has 0 fully saturated rings. The number of imidazole rings is 1. The van der Waals surface area contributed by atoms with E-state index in [0.29, 0.717) is 18.7 Å². The molecule has 0 saturated carbocycles. The molecule has 1 heterocycles. The zero-order valence-corrected chi connectivity index (χ0v) is 12.8. The Labute approximate surface area is 119 Å². The number of aromatic nitrogens is 2. The second-order valence-electron chi connectivity index (χ2n) is 4.96. The van der Waals surface area contributed by atoms with Crippen LogP contribution < -0.4 is 4.72 Å². The number of hydrogen-bond donors (Lipinski definition) is 2. The van der Waals surface area contributed by atoms with E-state index in [0.717, 1.165) is 0 Å². The van der Waals surface area contributed by atoms with E-state index in [-0.39, 0.29) is 23.9 Å². The summed E-state index contributed by atoms with van der Waals surface area (Å²) in [5, 5.41) is 8.58. The van der Waals surface area contributed by atoms with Crippen molar-refractivity contribution in [3.63, 3.8) is 0 Å². The molecule has 8 heteroatoms. The smallest absolute Gasteiger partial charge is 0.303 e. The lowest BCUT2D eigenvalue weighted by atomic mass is 10.0. The molecule has 0 bridgehead atoms. The summed E-state index contributed by atoms with van der Waals surface area (Å²) >= 11 is 0. The highest BCUT2D eigenvalue weighted by Crippen LogP contribution is 2.11. The lowest BCUT2D eigenvalue weighted by molar-refractivity contribution is -0.137. The number of hydrogen-bond acceptors (Lipinski definition) is 4. The zero-order chi connectivity index (χ0) is 15.3. The van der Waals surface area contributed by atoms with Crippen LogP contribution >= 0.6 is 0 Å². The minimum atomic E-state index is -3.59. The van der Waals surface area contributed by atoms with Crippen LogP contribution in [0.1, 0.15) is 32.0 Å². The summed E-state index contributed by atoms with van der Waals surface area (Å²) in [6.07, 6.45) is 2.71. The second kappa shape index (κ2) is 6.85. The first kappa shape index (κ1) is 16.6. The molecule has 0 spiro atoms. The van der Waals surface area contributed by atoms with Crippen LogP contribution in [0.15, 0.2) is 11.2 Å². The van der Waals surface area contributed by atoms with E-state index in [1.165, 1.54) is 6.20 Å². The molecule has 114 valence electrons. The Balaban J connectivity index is 2.46. The van der Waals surface area contributed by atoms with Gasteiger partial charge in [-0.3, -0.25) is 4.79 Å². The highest BCUT2D eigenvalue weighted by molar-refractivity contribution is 7.89. The molecule has 0 amide bonds. The molecule has 0 radical (unpaired) electrons. The molecule has 2 N–H and O–H groups in total. The van der Waals surface area contributed by atoms with Gasteiger partial charge in [0.1, 0.15) is 5.82 Å². The highest BCUT2D eigenvalue weighted by Gasteiger charge is 2.18. The lowest BCUT2D eigenvalue weighted by Crippen LogP contribution is -2.26. The van der Waals surface area contributed by atoms with Gasteiger partial charge in [0.25, 0.3) is 10.0 Å². The molecule has 0 aliphatic carbocycles. The number of carboxylic acid groups (broad SMARTS) is 1. The van der Waals surface area contributed by atoms with E-state index in [1.807, 2.05) is 6.92 Å². The number of carbonyl (C=O) groups is 1. The first-order chi connectivity index (χ1) is 9.22. The first-order valence-electron chi connectivity index (χ1n) is 6.44. The van der Waals surface area contributed by atoms with Gasteiger partial charge in [-0.25, -0.2) is 18.1 Å².